The van der Waals surface area contributed by atoms with E-state index in [0.717, 1.165) is 0 Å². The van der Waals surface area contributed by atoms with Gasteiger partial charge in [0.1, 0.15) is 22.6 Å². The van der Waals surface area contributed by atoms with Crippen molar-refractivity contribution in [1.29, 1.82) is 0 Å². The summed E-state index contributed by atoms with van der Waals surface area (Å²) in [5, 5.41) is 19.3. The lowest BCUT2D eigenvalue weighted by Gasteiger charge is -2.38. The zero-order valence-corrected chi connectivity index (χ0v) is 19.2. The molecule has 0 bridgehead atoms. The van der Waals surface area contributed by atoms with Crippen LogP contribution in [0.15, 0.2) is 42.5 Å². The number of benzene rings is 2. The van der Waals surface area contributed by atoms with E-state index in [2.05, 4.69) is 16.0 Å². The van der Waals surface area contributed by atoms with Gasteiger partial charge in [0.25, 0.3) is 5.69 Å². The van der Waals surface area contributed by atoms with Gasteiger partial charge in [-0.2, -0.15) is 0 Å². The van der Waals surface area contributed by atoms with Crippen molar-refractivity contribution in [2.45, 2.75) is 58.3 Å². The topological polar surface area (TPSA) is 132 Å². The number of hydrogen-bond donors (Lipinski definition) is 3. The fourth-order valence-corrected chi connectivity index (χ4v) is 3.54. The second-order valence-electron chi connectivity index (χ2n) is 9.37. The minimum absolute atomic E-state index is 0.0897. The minimum atomic E-state index is -0.645. The van der Waals surface area contributed by atoms with E-state index < -0.39 is 34.3 Å². The number of amides is 3. The van der Waals surface area contributed by atoms with E-state index in [9.17, 15) is 19.7 Å². The Hall–Kier alpha value is -3.82. The van der Waals surface area contributed by atoms with Crippen molar-refractivity contribution in [2.75, 3.05) is 10.6 Å². The number of fused-ring (bicyclic) bond motifs is 1. The van der Waals surface area contributed by atoms with Gasteiger partial charge in [0, 0.05) is 23.7 Å². The zero-order chi connectivity index (χ0) is 24.4. The van der Waals surface area contributed by atoms with Crippen molar-refractivity contribution in [3.8, 4) is 5.75 Å². The molecule has 3 N–H and O–H groups in total. The molecule has 10 nitrogen and oxygen atoms in total. The van der Waals surface area contributed by atoms with Crippen LogP contribution in [-0.2, 0) is 4.74 Å². The lowest BCUT2D eigenvalue weighted by Crippen LogP contribution is -2.42. The van der Waals surface area contributed by atoms with Crippen LogP contribution in [0.25, 0.3) is 0 Å². The number of carbonyl (C=O) groups is 2. The van der Waals surface area contributed by atoms with Gasteiger partial charge < -0.3 is 20.1 Å². The Labute approximate surface area is 191 Å². The number of ether oxygens (including phenoxy) is 2. The number of carbonyl (C=O) groups excluding carboxylic acids is 2. The number of rotatable bonds is 4. The summed E-state index contributed by atoms with van der Waals surface area (Å²) in [6.07, 6.45) is -0.154. The maximum Gasteiger partial charge on any atom is 0.412 e. The molecule has 1 heterocycles. The highest BCUT2D eigenvalue weighted by atomic mass is 16.6. The number of nitro benzene ring substituents is 1. The van der Waals surface area contributed by atoms with Crippen molar-refractivity contribution in [3.05, 3.63) is 58.1 Å². The highest BCUT2D eigenvalue weighted by Crippen LogP contribution is 2.41. The van der Waals surface area contributed by atoms with Crippen molar-refractivity contribution in [1.82, 2.24) is 5.32 Å². The molecule has 0 fully saturated rings. The predicted molar refractivity (Wildman–Crippen MR) is 124 cm³/mol. The standard InChI is InChI=1S/C23H28N4O6/c1-22(2,3)33-21(29)24-14-10-11-19-15(12-14)17(13-23(4,5)32-19)26-20(28)25-16-8-6-7-9-18(16)27(30)31/h6-12,17H,13H2,1-5H3,(H,24,29)(H2,25,26,28)/t17-/m0/s1. The van der Waals surface area contributed by atoms with E-state index in [0.29, 0.717) is 23.4 Å². The number of anilines is 2. The molecular formula is C23H28N4O6. The van der Waals surface area contributed by atoms with Crippen LogP contribution in [0.5, 0.6) is 5.75 Å². The first-order valence-electron chi connectivity index (χ1n) is 10.5. The SMILES string of the molecule is CC(C)(C)OC(=O)Nc1ccc2c(c1)[C@@H](NC(=O)Nc1ccccc1[N+](=O)[O-])CC(C)(C)O2. The van der Waals surface area contributed by atoms with Crippen molar-refractivity contribution in [2.24, 2.45) is 0 Å². The maximum absolute atomic E-state index is 12.7. The van der Waals surface area contributed by atoms with Gasteiger partial charge in [0.05, 0.1) is 11.0 Å². The molecule has 0 aromatic heterocycles. The summed E-state index contributed by atoms with van der Waals surface area (Å²) in [6, 6.07) is 9.97. The lowest BCUT2D eigenvalue weighted by molar-refractivity contribution is -0.383. The fraction of sp³-hybridized carbons (Fsp3) is 0.391. The summed E-state index contributed by atoms with van der Waals surface area (Å²) in [7, 11) is 0. The number of nitrogens with zero attached hydrogens (tertiary/aromatic N) is 1. The number of nitrogens with one attached hydrogen (secondary N) is 3. The summed E-state index contributed by atoms with van der Waals surface area (Å²) in [4.78, 5) is 35.5. The normalized spacial score (nSPS) is 16.6. The van der Waals surface area contributed by atoms with Gasteiger partial charge in [-0.1, -0.05) is 12.1 Å². The molecule has 176 valence electrons. The van der Waals surface area contributed by atoms with E-state index in [4.69, 9.17) is 9.47 Å². The smallest absolute Gasteiger partial charge is 0.412 e. The molecule has 0 unspecified atom stereocenters. The fourth-order valence-electron chi connectivity index (χ4n) is 3.54. The average molecular weight is 456 g/mol. The minimum Gasteiger partial charge on any atom is -0.487 e. The van der Waals surface area contributed by atoms with Crippen LogP contribution in [0, 0.1) is 10.1 Å². The summed E-state index contributed by atoms with van der Waals surface area (Å²) in [5.41, 5.74) is -0.175. The molecule has 0 radical (unpaired) electrons. The first-order chi connectivity index (χ1) is 15.3. The largest absolute Gasteiger partial charge is 0.487 e. The molecule has 0 aliphatic carbocycles. The predicted octanol–water partition coefficient (Wildman–Crippen LogP) is 5.37. The highest BCUT2D eigenvalue weighted by Gasteiger charge is 2.35. The molecule has 3 amide bonds. The average Bonchev–Trinajstić information content (AvgIpc) is 2.66. The second-order valence-corrected chi connectivity index (χ2v) is 9.37. The number of para-hydroxylation sites is 2. The zero-order valence-electron chi connectivity index (χ0n) is 19.2. The van der Waals surface area contributed by atoms with Crippen LogP contribution in [0.3, 0.4) is 0 Å². The second kappa shape index (κ2) is 8.97. The number of nitro groups is 1. The summed E-state index contributed by atoms with van der Waals surface area (Å²) < 4.78 is 11.3. The summed E-state index contributed by atoms with van der Waals surface area (Å²) in [6.45, 7) is 9.11. The number of urea groups is 1. The van der Waals surface area contributed by atoms with Crippen LogP contribution in [0.4, 0.5) is 26.7 Å². The van der Waals surface area contributed by atoms with E-state index >= 15 is 0 Å². The van der Waals surface area contributed by atoms with Crippen molar-refractivity contribution in [3.63, 3.8) is 0 Å². The molecule has 0 spiro atoms. The van der Waals surface area contributed by atoms with Crippen LogP contribution >= 0.6 is 0 Å². The monoisotopic (exact) mass is 456 g/mol. The Bertz CT molecular complexity index is 1080. The summed E-state index contributed by atoms with van der Waals surface area (Å²) in [5.74, 6) is 0.567. The molecule has 0 saturated heterocycles. The van der Waals surface area contributed by atoms with Gasteiger partial charge in [-0.3, -0.25) is 15.4 Å². The Kier molecular flexibility index (Phi) is 6.48. The quantitative estimate of drug-likeness (QED) is 0.419. The Balaban J connectivity index is 1.81. The van der Waals surface area contributed by atoms with Crippen molar-refractivity contribution < 1.29 is 24.0 Å². The van der Waals surface area contributed by atoms with Gasteiger partial charge >= 0.3 is 12.1 Å². The molecule has 2 aromatic carbocycles. The summed E-state index contributed by atoms with van der Waals surface area (Å²) >= 11 is 0. The van der Waals surface area contributed by atoms with Gasteiger partial charge in [0.15, 0.2) is 0 Å². The third-order valence-electron chi connectivity index (χ3n) is 4.77. The van der Waals surface area contributed by atoms with Crippen molar-refractivity contribution >= 4 is 29.2 Å². The first-order valence-corrected chi connectivity index (χ1v) is 10.5. The van der Waals surface area contributed by atoms with Crippen LogP contribution in [0.2, 0.25) is 0 Å². The lowest BCUT2D eigenvalue weighted by atomic mass is 9.89. The third-order valence-corrected chi connectivity index (χ3v) is 4.77. The van der Waals surface area contributed by atoms with Gasteiger partial charge in [0.2, 0.25) is 0 Å². The van der Waals surface area contributed by atoms with Gasteiger partial charge in [-0.25, -0.2) is 9.59 Å². The molecule has 33 heavy (non-hydrogen) atoms. The molecule has 0 saturated carbocycles. The van der Waals surface area contributed by atoms with E-state index in [-0.39, 0.29) is 11.4 Å². The van der Waals surface area contributed by atoms with Gasteiger partial charge in [-0.15, -0.1) is 0 Å². The van der Waals surface area contributed by atoms with Crippen LogP contribution in [-0.4, -0.2) is 28.2 Å². The molecule has 1 atom stereocenters. The number of hydrogen-bond acceptors (Lipinski definition) is 6. The van der Waals surface area contributed by atoms with E-state index in [1.807, 2.05) is 13.8 Å². The van der Waals surface area contributed by atoms with Crippen LogP contribution < -0.4 is 20.7 Å². The highest BCUT2D eigenvalue weighted by molar-refractivity contribution is 5.92. The van der Waals surface area contributed by atoms with E-state index in [1.165, 1.54) is 18.2 Å². The molecule has 10 heteroatoms. The van der Waals surface area contributed by atoms with Gasteiger partial charge in [-0.05, 0) is 58.9 Å². The molecule has 2 aromatic rings. The molecule has 1 aliphatic rings. The third kappa shape index (κ3) is 6.34. The Morgan fingerprint density at radius 3 is 2.52 bits per heavy atom. The Morgan fingerprint density at radius 2 is 1.85 bits per heavy atom. The molecular weight excluding hydrogens is 428 g/mol. The van der Waals surface area contributed by atoms with Crippen LogP contribution in [0.1, 0.15) is 52.6 Å². The van der Waals surface area contributed by atoms with E-state index in [1.54, 1.807) is 45.0 Å². The Morgan fingerprint density at radius 1 is 1.15 bits per heavy atom. The molecule has 1 aliphatic heterocycles. The first kappa shape index (κ1) is 23.8. The maximum atomic E-state index is 12.7. The molecule has 3 rings (SSSR count).